The fraction of sp³-hybridized carbons (Fsp3) is 0.432. The zero-order valence-corrected chi connectivity index (χ0v) is 77.1. The first-order valence-electron chi connectivity index (χ1n) is 42.8. The number of nitrogens with zero attached hydrogens (tertiary/aromatic N) is 12. The Kier molecular flexibility index (Phi) is 39.0. The predicted molar refractivity (Wildman–Crippen MR) is 497 cm³/mol. The number of amides is 10. The number of fused-ring (bicyclic) bond motifs is 1. The molecule has 1 aliphatic rings. The normalized spacial score (nSPS) is 12.4. The number of thiophene rings is 1. The fourth-order valence-corrected chi connectivity index (χ4v) is 14.9. The van der Waals surface area contributed by atoms with Crippen molar-refractivity contribution < 1.29 is 85.8 Å². The van der Waals surface area contributed by atoms with Crippen LogP contribution >= 0.6 is 22.9 Å². The van der Waals surface area contributed by atoms with Gasteiger partial charge in [-0.3, -0.25) is 68.7 Å². The van der Waals surface area contributed by atoms with E-state index in [1.807, 2.05) is 33.0 Å². The van der Waals surface area contributed by atoms with Gasteiger partial charge in [-0.25, -0.2) is 15.0 Å². The SMILES string of the molecule is CC(=N)N1C(=N)[C@H](CC(=O)Nc2ccc(OCCOCCOCCOCCOCCOCCOCCOCCC(=O)NCCCN(C)CCCNC(=O)c3cc(NC(=O)c4nc(NC(=O)CCNC(=O)c5c(NC(=O)c6nc(NC(=O)CCNC(=O)c7cc(NC(=O)c8nccn8C)cn7C)cn6C)ccn5C)cn4C)cn3C)cc2)N=C(c2ccc(Cl)cc2)c2c1sc(C)c2C. The first-order valence-corrected chi connectivity index (χ1v) is 44.0. The molecule has 0 saturated heterocycles. The molecule has 0 radical (unpaired) electrons. The number of hydrogen-bond acceptors (Lipinski definition) is 26. The van der Waals surface area contributed by atoms with Crippen molar-refractivity contribution in [2.45, 2.75) is 65.3 Å². The molecular weight excluding hydrogens is 1750 g/mol. The van der Waals surface area contributed by atoms with Gasteiger partial charge in [-0.1, -0.05) is 23.7 Å². The van der Waals surface area contributed by atoms with Crippen LogP contribution in [0.3, 0.4) is 0 Å². The van der Waals surface area contributed by atoms with E-state index in [0.717, 1.165) is 39.5 Å². The van der Waals surface area contributed by atoms with Gasteiger partial charge < -0.3 is 123 Å². The third-order valence-electron chi connectivity index (χ3n) is 20.4. The van der Waals surface area contributed by atoms with Crippen molar-refractivity contribution in [1.29, 1.82) is 10.8 Å². The van der Waals surface area contributed by atoms with Gasteiger partial charge in [0.15, 0.2) is 17.5 Å². The minimum absolute atomic E-state index is 0.0408. The number of aromatic nitrogens is 9. The van der Waals surface area contributed by atoms with E-state index >= 15 is 0 Å². The summed E-state index contributed by atoms with van der Waals surface area (Å²) in [4.78, 5) is 153. The zero-order chi connectivity index (χ0) is 94.8. The largest absolute Gasteiger partial charge is 0.491 e. The van der Waals surface area contributed by atoms with Crippen molar-refractivity contribution in [2.24, 2.45) is 47.3 Å². The smallest absolute Gasteiger partial charge is 0.291 e. The standard InChI is InChI=1S/C88H115ClN24O18S/c1-56-57(2)132-88-75(56)76(59-13-15-60(89)16-14-59)100-66(78(91)113(88)58(3)90)51-74(117)97-61-17-19-64(20-18-61)131-48-47-130-46-45-129-44-43-128-42-41-127-40-39-126-38-37-125-36-35-124-34-24-71(114)92-25-11-30-106(4)31-12-26-94-82(118)67-50-63(53-109(67)7)99-86(122)80-104-69(54-111(80)9)102-73(116)22-28-96-84(120)77-65(23-32-107(77)5)101-87(123)81-105-70(55-112(81)10)103-72(115)21-27-95-83(119)68-49-62(52-110(68)8)98-85(121)79-93-29-33-108(79)6/h13-20,23,29,32-33,49-50,52-55,66,90-91H,11-12,21-22,24-28,30-31,34-48,51H2,1-10H3,(H,92,114)(H,94,118)(H,95,119)(H,96,120)(H,97,117)(H,98,121)(H,99,122)(H,101,123)(H,102,116)(H,103,115)/t66-/m0/s1. The molecule has 708 valence electrons. The van der Waals surface area contributed by atoms with Gasteiger partial charge in [0.05, 0.1) is 122 Å². The Morgan fingerprint density at radius 1 is 0.485 bits per heavy atom. The van der Waals surface area contributed by atoms with Crippen LogP contribution < -0.4 is 62.8 Å². The predicted octanol–water partition coefficient (Wildman–Crippen LogP) is 6.68. The third-order valence-corrected chi connectivity index (χ3v) is 21.8. The third kappa shape index (κ3) is 30.5. The molecule has 12 N–H and O–H groups in total. The molecule has 2 aromatic carbocycles. The lowest BCUT2D eigenvalue weighted by Crippen LogP contribution is -2.41. The summed E-state index contributed by atoms with van der Waals surface area (Å²) in [5.41, 5.74) is 5.30. The van der Waals surface area contributed by atoms with E-state index in [4.69, 9.17) is 59.9 Å². The summed E-state index contributed by atoms with van der Waals surface area (Å²) in [5.74, 6) is -3.68. The second-order valence-corrected chi connectivity index (χ2v) is 32.3. The Balaban J connectivity index is 0.479. The number of benzene rings is 2. The highest BCUT2D eigenvalue weighted by atomic mass is 35.5. The van der Waals surface area contributed by atoms with Gasteiger partial charge in [0.2, 0.25) is 35.3 Å². The van der Waals surface area contributed by atoms with E-state index in [0.29, 0.717) is 158 Å². The molecule has 0 bridgehead atoms. The second-order valence-electron chi connectivity index (χ2n) is 30.6. The number of halogens is 1. The summed E-state index contributed by atoms with van der Waals surface area (Å²) in [5, 5.41) is 46.6. The van der Waals surface area contributed by atoms with E-state index in [-0.39, 0.29) is 121 Å². The van der Waals surface area contributed by atoms with Crippen molar-refractivity contribution in [3.8, 4) is 5.75 Å². The van der Waals surface area contributed by atoms with Crippen LogP contribution in [0.25, 0.3) is 0 Å². The van der Waals surface area contributed by atoms with Crippen LogP contribution in [0.4, 0.5) is 39.4 Å². The maximum Gasteiger partial charge on any atom is 0.291 e. The Morgan fingerprint density at radius 3 is 1.48 bits per heavy atom. The number of imidazole rings is 3. The van der Waals surface area contributed by atoms with Gasteiger partial charge in [-0.05, 0) is 114 Å². The number of aliphatic imine (C=N–C) groups is 1. The van der Waals surface area contributed by atoms with E-state index < -0.39 is 47.4 Å². The Bertz CT molecular complexity index is 5510. The molecule has 10 amide bonds. The summed E-state index contributed by atoms with van der Waals surface area (Å²) >= 11 is 7.73. The lowest BCUT2D eigenvalue weighted by atomic mass is 9.99. The van der Waals surface area contributed by atoms with Crippen LogP contribution in [0.1, 0.15) is 130 Å². The summed E-state index contributed by atoms with van der Waals surface area (Å²) in [7, 11) is 11.7. The van der Waals surface area contributed by atoms with Crippen LogP contribution in [-0.4, -0.2) is 275 Å². The molecule has 1 aliphatic heterocycles. The van der Waals surface area contributed by atoms with Gasteiger partial charge >= 0.3 is 0 Å². The highest BCUT2D eigenvalue weighted by molar-refractivity contribution is 7.17. The number of amidine groups is 2. The number of anilines is 7. The summed E-state index contributed by atoms with van der Waals surface area (Å²) < 4.78 is 53.9. The second kappa shape index (κ2) is 50.9. The van der Waals surface area contributed by atoms with Gasteiger partial charge in [0.1, 0.15) is 52.2 Å². The first-order chi connectivity index (χ1) is 63.5. The Hall–Kier alpha value is -13.1. The molecule has 44 heteroatoms. The quantitative estimate of drug-likeness (QED) is 0.0107. The van der Waals surface area contributed by atoms with Crippen molar-refractivity contribution in [3.63, 3.8) is 0 Å². The van der Waals surface area contributed by atoms with Crippen LogP contribution in [0, 0.1) is 24.7 Å². The number of nitrogens with one attached hydrogen (secondary N) is 12. The van der Waals surface area contributed by atoms with E-state index in [1.165, 1.54) is 66.4 Å². The number of rotatable bonds is 54. The molecule has 8 heterocycles. The Labute approximate surface area is 771 Å². The number of carbonyl (C=O) groups excluding carboxylic acids is 10. The molecule has 0 unspecified atom stereocenters. The maximum atomic E-state index is 13.5. The average Bonchev–Trinajstić information content (AvgIpc) is 1.60. The van der Waals surface area contributed by atoms with Crippen molar-refractivity contribution >= 4 is 139 Å². The van der Waals surface area contributed by atoms with E-state index in [2.05, 4.69) is 73.0 Å². The molecule has 42 nitrogen and oxygen atoms in total. The van der Waals surface area contributed by atoms with Crippen LogP contribution in [0.5, 0.6) is 5.75 Å². The topological polar surface area (TPSA) is 500 Å². The molecule has 0 spiro atoms. The number of ether oxygens (including phenoxy) is 8. The average molecular weight is 1860 g/mol. The lowest BCUT2D eigenvalue weighted by molar-refractivity contribution is -0.122. The van der Waals surface area contributed by atoms with E-state index in [1.54, 1.807) is 124 Å². The molecule has 0 saturated carbocycles. The number of hydrogen-bond donors (Lipinski definition) is 12. The molecule has 132 heavy (non-hydrogen) atoms. The lowest BCUT2D eigenvalue weighted by Gasteiger charge is -2.24. The van der Waals surface area contributed by atoms with Gasteiger partial charge in [0, 0.05) is 158 Å². The summed E-state index contributed by atoms with van der Waals surface area (Å²) in [6.45, 7) is 13.4. The summed E-state index contributed by atoms with van der Waals surface area (Å²) in [6, 6.07) is 18.0. The molecule has 1 atom stereocenters. The van der Waals surface area contributed by atoms with Gasteiger partial charge in [0.25, 0.3) is 35.4 Å². The van der Waals surface area contributed by atoms with Gasteiger partial charge in [-0.15, -0.1) is 11.3 Å². The van der Waals surface area contributed by atoms with Crippen LogP contribution in [0.2, 0.25) is 5.02 Å². The molecule has 7 aromatic heterocycles. The minimum Gasteiger partial charge on any atom is -0.491 e. The highest BCUT2D eigenvalue weighted by Crippen LogP contribution is 2.41. The molecule has 9 aromatic rings. The van der Waals surface area contributed by atoms with Crippen molar-refractivity contribution in [3.05, 3.63) is 171 Å². The molecule has 10 rings (SSSR count). The highest BCUT2D eigenvalue weighted by Gasteiger charge is 2.36. The van der Waals surface area contributed by atoms with Crippen molar-refractivity contribution in [1.82, 2.24) is 68.5 Å². The Morgan fingerprint density at radius 2 is 0.970 bits per heavy atom. The minimum atomic E-state index is -0.859. The van der Waals surface area contributed by atoms with Gasteiger partial charge in [-0.2, -0.15) is 0 Å². The van der Waals surface area contributed by atoms with E-state index in [9.17, 15) is 53.4 Å². The van der Waals surface area contributed by atoms with Crippen LogP contribution in [-0.2, 0) is 94.6 Å². The monoisotopic (exact) mass is 1860 g/mol. The molecule has 0 aliphatic carbocycles. The van der Waals surface area contributed by atoms with Crippen LogP contribution in [0.15, 0.2) is 115 Å². The molecular formula is C88H115ClN24O18S. The number of aryl methyl sites for hydroxylation is 7. The number of carbonyl (C=O) groups is 10. The fourth-order valence-electron chi connectivity index (χ4n) is 13.5. The molecule has 0 fully saturated rings. The van der Waals surface area contributed by atoms with Crippen molar-refractivity contribution in [2.75, 3.05) is 182 Å². The first kappa shape index (κ1) is 101. The maximum absolute atomic E-state index is 13.5. The zero-order valence-electron chi connectivity index (χ0n) is 75.6. The summed E-state index contributed by atoms with van der Waals surface area (Å²) in [6.07, 6.45) is 11.9.